The SMILES string of the molecule is Cc1cccc(CN2CCC(N(C(=O)c3ccccc3F)c3ccc(F)cc3)CC2)c1. The molecule has 1 aliphatic heterocycles. The van der Waals surface area contributed by atoms with Gasteiger partial charge in [-0.25, -0.2) is 8.78 Å². The number of amides is 1. The number of piperidine rings is 1. The van der Waals surface area contributed by atoms with E-state index < -0.39 is 5.82 Å². The molecule has 0 aromatic heterocycles. The van der Waals surface area contributed by atoms with Crippen LogP contribution < -0.4 is 4.90 Å². The molecule has 1 amide bonds. The third kappa shape index (κ3) is 5.00. The van der Waals surface area contributed by atoms with Crippen LogP contribution in [0.1, 0.15) is 34.3 Å². The number of halogens is 2. The van der Waals surface area contributed by atoms with Crippen molar-refractivity contribution < 1.29 is 13.6 Å². The van der Waals surface area contributed by atoms with Gasteiger partial charge in [-0.15, -0.1) is 0 Å². The molecule has 1 aliphatic rings. The number of hydrogen-bond acceptors (Lipinski definition) is 2. The van der Waals surface area contributed by atoms with Crippen LogP contribution in [0.15, 0.2) is 72.8 Å². The summed E-state index contributed by atoms with van der Waals surface area (Å²) in [5.74, 6) is -1.30. The van der Waals surface area contributed by atoms with Gasteiger partial charge in [0, 0.05) is 31.4 Å². The molecule has 1 saturated heterocycles. The van der Waals surface area contributed by atoms with Crippen molar-refractivity contribution in [3.8, 4) is 0 Å². The summed E-state index contributed by atoms with van der Waals surface area (Å²) in [4.78, 5) is 17.4. The lowest BCUT2D eigenvalue weighted by Gasteiger charge is -2.38. The molecule has 3 aromatic rings. The third-order valence-electron chi connectivity index (χ3n) is 5.84. The Morgan fingerprint density at radius 1 is 0.968 bits per heavy atom. The van der Waals surface area contributed by atoms with Gasteiger partial charge in [-0.1, -0.05) is 42.0 Å². The fraction of sp³-hybridized carbons (Fsp3) is 0.269. The highest BCUT2D eigenvalue weighted by atomic mass is 19.1. The van der Waals surface area contributed by atoms with Crippen molar-refractivity contribution in [3.05, 3.63) is 101 Å². The summed E-state index contributed by atoms with van der Waals surface area (Å²) in [6, 6.07) is 20.3. The fourth-order valence-electron chi connectivity index (χ4n) is 4.26. The molecule has 0 saturated carbocycles. The van der Waals surface area contributed by atoms with Gasteiger partial charge in [-0.05, 0) is 61.7 Å². The number of carbonyl (C=O) groups is 1. The first kappa shape index (κ1) is 21.2. The molecule has 3 aromatic carbocycles. The Morgan fingerprint density at radius 2 is 1.68 bits per heavy atom. The van der Waals surface area contributed by atoms with E-state index in [1.165, 1.54) is 35.4 Å². The van der Waals surface area contributed by atoms with Crippen molar-refractivity contribution in [1.29, 1.82) is 0 Å². The van der Waals surface area contributed by atoms with Crippen LogP contribution in [0, 0.1) is 18.6 Å². The van der Waals surface area contributed by atoms with Gasteiger partial charge in [0.2, 0.25) is 0 Å². The minimum Gasteiger partial charge on any atom is -0.305 e. The Hall–Kier alpha value is -3.05. The average molecular weight is 421 g/mol. The fourth-order valence-corrected chi connectivity index (χ4v) is 4.26. The van der Waals surface area contributed by atoms with Crippen molar-refractivity contribution in [2.75, 3.05) is 18.0 Å². The number of likely N-dealkylation sites (tertiary alicyclic amines) is 1. The highest BCUT2D eigenvalue weighted by molar-refractivity contribution is 6.06. The van der Waals surface area contributed by atoms with Crippen molar-refractivity contribution in [1.82, 2.24) is 4.90 Å². The van der Waals surface area contributed by atoms with E-state index in [0.29, 0.717) is 5.69 Å². The molecular weight excluding hydrogens is 394 g/mol. The second-order valence-corrected chi connectivity index (χ2v) is 8.13. The van der Waals surface area contributed by atoms with Crippen LogP contribution in [0.3, 0.4) is 0 Å². The topological polar surface area (TPSA) is 23.6 Å². The Labute approximate surface area is 181 Å². The van der Waals surface area contributed by atoms with E-state index in [9.17, 15) is 13.6 Å². The van der Waals surface area contributed by atoms with Gasteiger partial charge in [0.15, 0.2) is 0 Å². The molecule has 0 unspecified atom stereocenters. The van der Waals surface area contributed by atoms with Crippen LogP contribution in [0.5, 0.6) is 0 Å². The van der Waals surface area contributed by atoms with Crippen LogP contribution >= 0.6 is 0 Å². The van der Waals surface area contributed by atoms with Gasteiger partial charge in [-0.2, -0.15) is 0 Å². The summed E-state index contributed by atoms with van der Waals surface area (Å²) in [7, 11) is 0. The molecule has 0 aliphatic carbocycles. The molecule has 0 bridgehead atoms. The molecule has 160 valence electrons. The second-order valence-electron chi connectivity index (χ2n) is 8.13. The molecule has 0 radical (unpaired) electrons. The van der Waals surface area contributed by atoms with Crippen LogP contribution in [-0.2, 0) is 6.54 Å². The van der Waals surface area contributed by atoms with Crippen molar-refractivity contribution in [2.24, 2.45) is 0 Å². The van der Waals surface area contributed by atoms with Gasteiger partial charge >= 0.3 is 0 Å². The van der Waals surface area contributed by atoms with Gasteiger partial charge in [0.05, 0.1) is 5.56 Å². The van der Waals surface area contributed by atoms with Crippen LogP contribution in [-0.4, -0.2) is 29.9 Å². The van der Waals surface area contributed by atoms with Crippen molar-refractivity contribution >= 4 is 11.6 Å². The number of hydrogen-bond donors (Lipinski definition) is 0. The van der Waals surface area contributed by atoms with Crippen LogP contribution in [0.25, 0.3) is 0 Å². The molecular formula is C26H26F2N2O. The summed E-state index contributed by atoms with van der Waals surface area (Å²) in [5, 5.41) is 0. The van der Waals surface area contributed by atoms with E-state index in [4.69, 9.17) is 0 Å². The Morgan fingerprint density at radius 3 is 2.35 bits per heavy atom. The van der Waals surface area contributed by atoms with Gasteiger partial charge < -0.3 is 4.90 Å². The first-order chi connectivity index (χ1) is 15.0. The number of anilines is 1. The van der Waals surface area contributed by atoms with Gasteiger partial charge in [-0.3, -0.25) is 9.69 Å². The average Bonchev–Trinajstić information content (AvgIpc) is 2.77. The maximum atomic E-state index is 14.4. The second kappa shape index (κ2) is 9.40. The smallest absolute Gasteiger partial charge is 0.261 e. The summed E-state index contributed by atoms with van der Waals surface area (Å²) < 4.78 is 27.9. The van der Waals surface area contributed by atoms with Gasteiger partial charge in [0.1, 0.15) is 11.6 Å². The summed E-state index contributed by atoms with van der Waals surface area (Å²) in [5.41, 5.74) is 3.14. The highest BCUT2D eigenvalue weighted by Crippen LogP contribution is 2.27. The largest absolute Gasteiger partial charge is 0.305 e. The number of nitrogens with zero attached hydrogens (tertiary/aromatic N) is 2. The summed E-state index contributed by atoms with van der Waals surface area (Å²) >= 11 is 0. The zero-order chi connectivity index (χ0) is 21.8. The highest BCUT2D eigenvalue weighted by Gasteiger charge is 2.31. The molecule has 0 atom stereocenters. The normalized spacial score (nSPS) is 15.1. The zero-order valence-electron chi connectivity index (χ0n) is 17.6. The van der Waals surface area contributed by atoms with E-state index >= 15 is 0 Å². The molecule has 4 rings (SSSR count). The maximum absolute atomic E-state index is 14.4. The van der Waals surface area contributed by atoms with E-state index in [2.05, 4.69) is 36.1 Å². The lowest BCUT2D eigenvalue weighted by Crippen LogP contribution is -2.47. The molecule has 0 N–H and O–H groups in total. The minimum atomic E-state index is -0.545. The Kier molecular flexibility index (Phi) is 6.42. The lowest BCUT2D eigenvalue weighted by molar-refractivity contribution is 0.0954. The molecule has 5 heteroatoms. The molecule has 1 fully saturated rings. The van der Waals surface area contributed by atoms with E-state index in [-0.39, 0.29) is 23.3 Å². The molecule has 0 spiro atoms. The third-order valence-corrected chi connectivity index (χ3v) is 5.84. The van der Waals surface area contributed by atoms with E-state index in [0.717, 1.165) is 32.5 Å². The summed E-state index contributed by atoms with van der Waals surface area (Å²) in [6.07, 6.45) is 1.53. The number of aryl methyl sites for hydroxylation is 1. The van der Waals surface area contributed by atoms with E-state index in [1.807, 2.05) is 0 Å². The van der Waals surface area contributed by atoms with Crippen LogP contribution in [0.2, 0.25) is 0 Å². The number of rotatable bonds is 5. The first-order valence-electron chi connectivity index (χ1n) is 10.6. The zero-order valence-corrected chi connectivity index (χ0v) is 17.6. The standard InChI is InChI=1S/C26H26F2N2O/c1-19-5-4-6-20(17-19)18-29-15-13-23(14-16-29)30(22-11-9-21(27)10-12-22)26(31)24-7-2-3-8-25(24)28/h2-12,17,23H,13-16,18H2,1H3. The van der Waals surface area contributed by atoms with Crippen molar-refractivity contribution in [3.63, 3.8) is 0 Å². The first-order valence-corrected chi connectivity index (χ1v) is 10.6. The lowest BCUT2D eigenvalue weighted by atomic mass is 10.00. The summed E-state index contributed by atoms with van der Waals surface area (Å²) in [6.45, 7) is 4.62. The van der Waals surface area contributed by atoms with Crippen LogP contribution in [0.4, 0.5) is 14.5 Å². The molecule has 3 nitrogen and oxygen atoms in total. The van der Waals surface area contributed by atoms with Gasteiger partial charge in [0.25, 0.3) is 5.91 Å². The van der Waals surface area contributed by atoms with E-state index in [1.54, 1.807) is 29.2 Å². The van der Waals surface area contributed by atoms with Crippen molar-refractivity contribution in [2.45, 2.75) is 32.4 Å². The minimum absolute atomic E-state index is 0.0361. The molecule has 1 heterocycles. The Bertz CT molecular complexity index is 1040. The monoisotopic (exact) mass is 420 g/mol. The number of benzene rings is 3. The predicted molar refractivity (Wildman–Crippen MR) is 119 cm³/mol. The molecule has 31 heavy (non-hydrogen) atoms. The maximum Gasteiger partial charge on any atom is 0.261 e. The quantitative estimate of drug-likeness (QED) is 0.538. The number of carbonyl (C=O) groups excluding carboxylic acids is 1. The Balaban J connectivity index is 1.53. The predicted octanol–water partition coefficient (Wildman–Crippen LogP) is 5.58.